The Hall–Kier alpha value is -1.70. The summed E-state index contributed by atoms with van der Waals surface area (Å²) in [4.78, 5) is 1.98. The van der Waals surface area contributed by atoms with Gasteiger partial charge in [0, 0.05) is 14.1 Å². The first-order chi connectivity index (χ1) is 7.65. The molecule has 0 amide bonds. The Labute approximate surface area is 97.8 Å². The normalized spacial score (nSPS) is 11.7. The van der Waals surface area contributed by atoms with Gasteiger partial charge < -0.3 is 9.64 Å². The quantitative estimate of drug-likeness (QED) is 0.553. The van der Waals surface area contributed by atoms with Gasteiger partial charge in [0.05, 0.1) is 0 Å². The van der Waals surface area contributed by atoms with Crippen molar-refractivity contribution in [1.82, 2.24) is 4.90 Å². The van der Waals surface area contributed by atoms with E-state index in [1.165, 1.54) is 5.57 Å². The van der Waals surface area contributed by atoms with E-state index in [0.29, 0.717) is 0 Å². The van der Waals surface area contributed by atoms with E-state index in [4.69, 9.17) is 4.74 Å². The second-order valence-electron chi connectivity index (χ2n) is 3.89. The van der Waals surface area contributed by atoms with Crippen LogP contribution in [0.15, 0.2) is 54.4 Å². The Morgan fingerprint density at radius 1 is 1.31 bits per heavy atom. The van der Waals surface area contributed by atoms with Gasteiger partial charge in [-0.1, -0.05) is 24.3 Å². The van der Waals surface area contributed by atoms with Gasteiger partial charge in [0.15, 0.2) is 5.88 Å². The molecule has 1 aromatic carbocycles. The van der Waals surface area contributed by atoms with Crippen LogP contribution in [-0.4, -0.2) is 19.0 Å². The lowest BCUT2D eigenvalue weighted by Crippen LogP contribution is -2.18. The molecule has 0 saturated heterocycles. The molecule has 86 valence electrons. The molecule has 0 saturated carbocycles. The maximum atomic E-state index is 5.85. The summed E-state index contributed by atoms with van der Waals surface area (Å²) in [5.41, 5.74) is 1.17. The summed E-state index contributed by atoms with van der Waals surface area (Å²) < 4.78 is 5.85. The van der Waals surface area contributed by atoms with Crippen molar-refractivity contribution in [3.8, 4) is 5.75 Å². The zero-order chi connectivity index (χ0) is 12.0. The summed E-state index contributed by atoms with van der Waals surface area (Å²) in [6.07, 6.45) is 2.72. The number of hydrogen-bond donors (Lipinski definition) is 0. The molecule has 0 aliphatic heterocycles. The largest absolute Gasteiger partial charge is 0.441 e. The molecule has 0 fully saturated rings. The van der Waals surface area contributed by atoms with E-state index in [1.54, 1.807) is 0 Å². The van der Waals surface area contributed by atoms with Crippen LogP contribution in [0.3, 0.4) is 0 Å². The van der Waals surface area contributed by atoms with E-state index in [9.17, 15) is 0 Å². The van der Waals surface area contributed by atoms with Gasteiger partial charge in [0.25, 0.3) is 0 Å². The molecule has 0 atom stereocenters. The van der Waals surface area contributed by atoms with Crippen molar-refractivity contribution >= 4 is 0 Å². The minimum atomic E-state index is 0.834. The lowest BCUT2D eigenvalue weighted by Gasteiger charge is -2.20. The Bertz CT molecular complexity index is 366. The van der Waals surface area contributed by atoms with E-state index < -0.39 is 0 Å². The van der Waals surface area contributed by atoms with Crippen molar-refractivity contribution < 1.29 is 4.74 Å². The summed E-state index contributed by atoms with van der Waals surface area (Å²) in [6, 6.07) is 9.80. The first kappa shape index (κ1) is 12.4. The van der Waals surface area contributed by atoms with Gasteiger partial charge in [-0.05, 0) is 31.1 Å². The molecule has 0 aliphatic carbocycles. The molecule has 2 heteroatoms. The molecule has 0 radical (unpaired) electrons. The summed E-state index contributed by atoms with van der Waals surface area (Å²) in [5, 5.41) is 0. The molecule has 0 aromatic heterocycles. The highest BCUT2D eigenvalue weighted by atomic mass is 16.5. The van der Waals surface area contributed by atoms with Crippen molar-refractivity contribution in [2.45, 2.75) is 13.3 Å². The first-order valence-electron chi connectivity index (χ1n) is 5.36. The van der Waals surface area contributed by atoms with Crippen LogP contribution >= 0.6 is 0 Å². The van der Waals surface area contributed by atoms with Crippen molar-refractivity contribution in [1.29, 1.82) is 0 Å². The molecule has 0 aliphatic rings. The second-order valence-corrected chi connectivity index (χ2v) is 3.89. The fourth-order valence-electron chi connectivity index (χ4n) is 1.46. The molecule has 2 nitrogen and oxygen atoms in total. The third kappa shape index (κ3) is 3.46. The molecule has 0 spiro atoms. The van der Waals surface area contributed by atoms with Gasteiger partial charge in [0.2, 0.25) is 0 Å². The molecular formula is C14H19NO. The fraction of sp³-hybridized carbons (Fsp3) is 0.286. The molecule has 16 heavy (non-hydrogen) atoms. The molecule has 0 bridgehead atoms. The van der Waals surface area contributed by atoms with Crippen LogP contribution in [0.25, 0.3) is 0 Å². The highest BCUT2D eigenvalue weighted by molar-refractivity contribution is 5.24. The topological polar surface area (TPSA) is 12.5 Å². The number of nitrogens with zero attached hydrogens (tertiary/aromatic N) is 1. The highest BCUT2D eigenvalue weighted by Crippen LogP contribution is 2.18. The average Bonchev–Trinajstić information content (AvgIpc) is 2.27. The van der Waals surface area contributed by atoms with Crippen LogP contribution in [0.5, 0.6) is 5.75 Å². The summed E-state index contributed by atoms with van der Waals surface area (Å²) in [6.45, 7) is 5.80. The predicted molar refractivity (Wildman–Crippen MR) is 68.3 cm³/mol. The zero-order valence-electron chi connectivity index (χ0n) is 10.2. The van der Waals surface area contributed by atoms with Crippen LogP contribution in [-0.2, 0) is 0 Å². The number of para-hydroxylation sites is 1. The van der Waals surface area contributed by atoms with Gasteiger partial charge in [-0.2, -0.15) is 0 Å². The Kier molecular flexibility index (Phi) is 4.65. The van der Waals surface area contributed by atoms with Crippen molar-refractivity contribution in [3.05, 3.63) is 54.4 Å². The van der Waals surface area contributed by atoms with E-state index >= 15 is 0 Å². The van der Waals surface area contributed by atoms with Gasteiger partial charge in [-0.25, -0.2) is 0 Å². The maximum absolute atomic E-state index is 5.85. The monoisotopic (exact) mass is 217 g/mol. The third-order valence-electron chi connectivity index (χ3n) is 2.18. The van der Waals surface area contributed by atoms with Crippen LogP contribution in [0.1, 0.15) is 13.3 Å². The Morgan fingerprint density at radius 3 is 2.44 bits per heavy atom. The molecule has 1 aromatic rings. The van der Waals surface area contributed by atoms with Crippen molar-refractivity contribution in [3.63, 3.8) is 0 Å². The van der Waals surface area contributed by atoms with Gasteiger partial charge >= 0.3 is 0 Å². The van der Waals surface area contributed by atoms with Crippen LogP contribution in [0.4, 0.5) is 0 Å². The summed E-state index contributed by atoms with van der Waals surface area (Å²) in [5.74, 6) is 1.74. The van der Waals surface area contributed by atoms with E-state index in [2.05, 4.69) is 13.5 Å². The second kappa shape index (κ2) is 6.01. The minimum absolute atomic E-state index is 0.834. The SMILES string of the molecule is C=CC/C(C)=C(\Oc1ccccc1)N(C)C. The predicted octanol–water partition coefficient (Wildman–Crippen LogP) is 3.43. The number of rotatable bonds is 5. The van der Waals surface area contributed by atoms with Gasteiger partial charge in [0.1, 0.15) is 5.75 Å². The van der Waals surface area contributed by atoms with Crippen molar-refractivity contribution in [2.24, 2.45) is 0 Å². The smallest absolute Gasteiger partial charge is 0.194 e. The molecule has 0 unspecified atom stereocenters. The van der Waals surface area contributed by atoms with E-state index in [1.807, 2.05) is 55.4 Å². The molecular weight excluding hydrogens is 198 g/mol. The van der Waals surface area contributed by atoms with Crippen LogP contribution < -0.4 is 4.74 Å². The van der Waals surface area contributed by atoms with Gasteiger partial charge in [-0.3, -0.25) is 0 Å². The first-order valence-corrected chi connectivity index (χ1v) is 5.36. The lowest BCUT2D eigenvalue weighted by molar-refractivity contribution is 0.274. The zero-order valence-corrected chi connectivity index (χ0v) is 10.2. The van der Waals surface area contributed by atoms with Gasteiger partial charge in [-0.15, -0.1) is 6.58 Å². The fourth-order valence-corrected chi connectivity index (χ4v) is 1.46. The molecule has 0 heterocycles. The Morgan fingerprint density at radius 2 is 1.94 bits per heavy atom. The molecule has 1 rings (SSSR count). The average molecular weight is 217 g/mol. The summed E-state index contributed by atoms with van der Waals surface area (Å²) >= 11 is 0. The lowest BCUT2D eigenvalue weighted by atomic mass is 10.2. The standard InChI is InChI=1S/C14H19NO/c1-5-9-12(2)14(15(3)4)16-13-10-7-6-8-11-13/h5-8,10-11H,1,9H2,2-4H3/b14-12-. The third-order valence-corrected chi connectivity index (χ3v) is 2.18. The summed E-state index contributed by atoms with van der Waals surface area (Å²) in [7, 11) is 3.95. The maximum Gasteiger partial charge on any atom is 0.194 e. The Balaban J connectivity index is 2.88. The molecule has 0 N–H and O–H groups in total. The van der Waals surface area contributed by atoms with Crippen LogP contribution in [0.2, 0.25) is 0 Å². The number of allylic oxidation sites excluding steroid dienone is 2. The highest BCUT2D eigenvalue weighted by Gasteiger charge is 2.06. The van der Waals surface area contributed by atoms with E-state index in [0.717, 1.165) is 18.1 Å². The number of ether oxygens (including phenoxy) is 1. The van der Waals surface area contributed by atoms with E-state index in [-0.39, 0.29) is 0 Å². The number of benzene rings is 1. The minimum Gasteiger partial charge on any atom is -0.441 e. The van der Waals surface area contributed by atoms with Crippen molar-refractivity contribution in [2.75, 3.05) is 14.1 Å². The van der Waals surface area contributed by atoms with Crippen LogP contribution in [0, 0.1) is 0 Å². The number of hydrogen-bond acceptors (Lipinski definition) is 2.